The van der Waals surface area contributed by atoms with Crippen LogP contribution in [0.3, 0.4) is 0 Å². The van der Waals surface area contributed by atoms with E-state index in [9.17, 15) is 13.2 Å². The van der Waals surface area contributed by atoms with Gasteiger partial charge in [-0.2, -0.15) is 4.39 Å². The summed E-state index contributed by atoms with van der Waals surface area (Å²) in [7, 11) is 0. The second-order valence-corrected chi connectivity index (χ2v) is 4.18. The topological polar surface area (TPSA) is 12.9 Å². The van der Waals surface area contributed by atoms with Crippen molar-refractivity contribution in [1.82, 2.24) is 4.98 Å². The molecule has 0 aliphatic heterocycles. The molecule has 1 heterocycles. The van der Waals surface area contributed by atoms with Gasteiger partial charge in [0.25, 0.3) is 5.92 Å². The summed E-state index contributed by atoms with van der Waals surface area (Å²) < 4.78 is 38.7. The first kappa shape index (κ1) is 11.5. The van der Waals surface area contributed by atoms with E-state index in [2.05, 4.69) is 4.98 Å². The zero-order valence-electron chi connectivity index (χ0n) is 8.31. The highest BCUT2D eigenvalue weighted by molar-refractivity contribution is 6.32. The Morgan fingerprint density at radius 3 is 2.75 bits per heavy atom. The number of allylic oxidation sites excluding steroid dienone is 2. The normalized spacial score (nSPS) is 19.4. The van der Waals surface area contributed by atoms with Gasteiger partial charge in [0.2, 0.25) is 5.95 Å². The number of rotatable bonds is 1. The van der Waals surface area contributed by atoms with Crippen LogP contribution in [0.5, 0.6) is 0 Å². The molecule has 1 nitrogen and oxygen atoms in total. The first-order chi connectivity index (χ1) is 7.48. The molecule has 1 aromatic heterocycles. The summed E-state index contributed by atoms with van der Waals surface area (Å²) in [5.41, 5.74) is 1.13. The van der Waals surface area contributed by atoms with Gasteiger partial charge in [0.15, 0.2) is 0 Å². The van der Waals surface area contributed by atoms with Gasteiger partial charge in [0.05, 0.1) is 5.02 Å². The molecule has 1 aromatic rings. The van der Waals surface area contributed by atoms with E-state index in [0.29, 0.717) is 11.1 Å². The fourth-order valence-electron chi connectivity index (χ4n) is 1.70. The fourth-order valence-corrected chi connectivity index (χ4v) is 1.92. The third kappa shape index (κ3) is 2.38. The second-order valence-electron chi connectivity index (χ2n) is 3.78. The zero-order valence-corrected chi connectivity index (χ0v) is 9.07. The van der Waals surface area contributed by atoms with Crippen LogP contribution in [0.25, 0.3) is 5.57 Å². The number of pyridine rings is 1. The van der Waals surface area contributed by atoms with Crippen molar-refractivity contribution in [2.24, 2.45) is 0 Å². The third-order valence-corrected chi connectivity index (χ3v) is 2.88. The van der Waals surface area contributed by atoms with Crippen molar-refractivity contribution in [2.45, 2.75) is 25.2 Å². The zero-order chi connectivity index (χ0) is 11.8. The number of hydrogen-bond donors (Lipinski definition) is 0. The van der Waals surface area contributed by atoms with E-state index in [1.165, 1.54) is 18.3 Å². The van der Waals surface area contributed by atoms with Crippen LogP contribution in [0, 0.1) is 5.95 Å². The van der Waals surface area contributed by atoms with Crippen molar-refractivity contribution in [2.75, 3.05) is 0 Å². The highest BCUT2D eigenvalue weighted by atomic mass is 35.5. The van der Waals surface area contributed by atoms with Gasteiger partial charge in [-0.1, -0.05) is 17.7 Å². The maximum Gasteiger partial charge on any atom is 0.251 e. The molecule has 0 unspecified atom stereocenters. The largest absolute Gasteiger partial charge is 0.251 e. The van der Waals surface area contributed by atoms with Crippen molar-refractivity contribution >= 4 is 17.2 Å². The first-order valence-corrected chi connectivity index (χ1v) is 5.24. The van der Waals surface area contributed by atoms with Gasteiger partial charge < -0.3 is 0 Å². The van der Waals surface area contributed by atoms with Crippen LogP contribution >= 0.6 is 11.6 Å². The van der Waals surface area contributed by atoms with Gasteiger partial charge in [-0.15, -0.1) is 0 Å². The maximum absolute atomic E-state index is 12.9. The minimum absolute atomic E-state index is 0.205. The summed E-state index contributed by atoms with van der Waals surface area (Å²) >= 11 is 5.84. The molecule has 0 bridgehead atoms. The highest BCUT2D eigenvalue weighted by Crippen LogP contribution is 2.38. The molecule has 0 amide bonds. The monoisotopic (exact) mass is 247 g/mol. The Morgan fingerprint density at radius 1 is 1.38 bits per heavy atom. The minimum Gasteiger partial charge on any atom is -0.227 e. The molecule has 0 N–H and O–H groups in total. The van der Waals surface area contributed by atoms with Gasteiger partial charge in [-0.05, 0) is 12.0 Å². The number of hydrogen-bond acceptors (Lipinski definition) is 1. The Hall–Kier alpha value is -1.03. The van der Waals surface area contributed by atoms with Crippen LogP contribution in [0.1, 0.15) is 24.8 Å². The molecule has 0 atom stereocenters. The van der Waals surface area contributed by atoms with E-state index in [0.717, 1.165) is 0 Å². The molecule has 16 heavy (non-hydrogen) atoms. The quantitative estimate of drug-likeness (QED) is 0.682. The lowest BCUT2D eigenvalue weighted by Gasteiger charge is -2.21. The lowest BCUT2D eigenvalue weighted by atomic mass is 9.92. The van der Waals surface area contributed by atoms with Gasteiger partial charge in [-0.3, -0.25) is 0 Å². The summed E-state index contributed by atoms with van der Waals surface area (Å²) in [5.74, 6) is -3.31. The maximum atomic E-state index is 12.9. The van der Waals surface area contributed by atoms with E-state index in [4.69, 9.17) is 11.6 Å². The lowest BCUT2D eigenvalue weighted by molar-refractivity contribution is -0.00602. The van der Waals surface area contributed by atoms with Crippen LogP contribution in [-0.4, -0.2) is 10.9 Å². The molecule has 0 fully saturated rings. The van der Waals surface area contributed by atoms with E-state index in [-0.39, 0.29) is 24.3 Å². The molecule has 5 heteroatoms. The summed E-state index contributed by atoms with van der Waals surface area (Å²) in [5, 5.41) is 0.290. The molecule has 0 aromatic carbocycles. The summed E-state index contributed by atoms with van der Waals surface area (Å²) in [6.07, 6.45) is 2.28. The average molecular weight is 248 g/mol. The second kappa shape index (κ2) is 4.09. The Morgan fingerprint density at radius 2 is 2.12 bits per heavy atom. The van der Waals surface area contributed by atoms with E-state index in [1.807, 2.05) is 0 Å². The number of aromatic nitrogens is 1. The van der Waals surface area contributed by atoms with Crippen LogP contribution in [0.4, 0.5) is 13.2 Å². The van der Waals surface area contributed by atoms with Crippen molar-refractivity contribution in [3.63, 3.8) is 0 Å². The van der Waals surface area contributed by atoms with Gasteiger partial charge in [0.1, 0.15) is 0 Å². The molecule has 1 aliphatic carbocycles. The Balaban J connectivity index is 2.32. The molecule has 2 rings (SSSR count). The third-order valence-electron chi connectivity index (χ3n) is 2.58. The molecule has 1 aliphatic rings. The van der Waals surface area contributed by atoms with Crippen LogP contribution in [-0.2, 0) is 0 Å². The van der Waals surface area contributed by atoms with E-state index < -0.39 is 11.9 Å². The molecule has 0 radical (unpaired) electrons. The van der Waals surface area contributed by atoms with Crippen LogP contribution < -0.4 is 0 Å². The van der Waals surface area contributed by atoms with Crippen LogP contribution in [0.15, 0.2) is 18.3 Å². The molecule has 0 spiro atoms. The van der Waals surface area contributed by atoms with E-state index in [1.54, 1.807) is 0 Å². The SMILES string of the molecule is Fc1cc(C2=CCC(F)(F)CC2)c(Cl)cn1. The number of halogens is 4. The summed E-state index contributed by atoms with van der Waals surface area (Å²) in [6, 6.07) is 1.18. The summed E-state index contributed by atoms with van der Waals surface area (Å²) in [4.78, 5) is 3.39. The van der Waals surface area contributed by atoms with Gasteiger partial charge in [-0.25, -0.2) is 13.8 Å². The van der Waals surface area contributed by atoms with Crippen molar-refractivity contribution in [3.8, 4) is 0 Å². The molecule has 0 saturated carbocycles. The molecular formula is C11H9ClF3N. The molecular weight excluding hydrogens is 239 g/mol. The van der Waals surface area contributed by atoms with Gasteiger partial charge >= 0.3 is 0 Å². The number of alkyl halides is 2. The number of nitrogens with zero attached hydrogens (tertiary/aromatic N) is 1. The van der Waals surface area contributed by atoms with Crippen molar-refractivity contribution < 1.29 is 13.2 Å². The van der Waals surface area contributed by atoms with Gasteiger partial charge in [0, 0.05) is 30.7 Å². The first-order valence-electron chi connectivity index (χ1n) is 4.86. The highest BCUT2D eigenvalue weighted by Gasteiger charge is 2.31. The predicted molar refractivity (Wildman–Crippen MR) is 56.0 cm³/mol. The Labute approximate surface area is 95.9 Å². The Bertz CT molecular complexity index is 443. The average Bonchev–Trinajstić information content (AvgIpc) is 2.22. The van der Waals surface area contributed by atoms with Crippen molar-refractivity contribution in [3.05, 3.63) is 34.9 Å². The molecule has 0 saturated heterocycles. The van der Waals surface area contributed by atoms with E-state index >= 15 is 0 Å². The fraction of sp³-hybridized carbons (Fsp3) is 0.364. The minimum atomic E-state index is -2.65. The van der Waals surface area contributed by atoms with Crippen LogP contribution in [0.2, 0.25) is 5.02 Å². The smallest absolute Gasteiger partial charge is 0.227 e. The molecule has 86 valence electrons. The lowest BCUT2D eigenvalue weighted by Crippen LogP contribution is -2.18. The Kier molecular flexibility index (Phi) is 2.93. The van der Waals surface area contributed by atoms with Crippen molar-refractivity contribution in [1.29, 1.82) is 0 Å². The predicted octanol–water partition coefficient (Wildman–Crippen LogP) is 4.08. The summed E-state index contributed by atoms with van der Waals surface area (Å²) in [6.45, 7) is 0. The standard InChI is InChI=1S/C11H9ClF3N/c12-9-6-16-10(13)5-8(9)7-1-3-11(14,15)4-2-7/h1,5-6H,2-4H2.